The summed E-state index contributed by atoms with van der Waals surface area (Å²) < 4.78 is 0.249. The predicted molar refractivity (Wildman–Crippen MR) is 89.3 cm³/mol. The Morgan fingerprint density at radius 3 is 2.86 bits per heavy atom. The molecule has 1 amide bonds. The van der Waals surface area contributed by atoms with Crippen molar-refractivity contribution in [2.45, 2.75) is 0 Å². The van der Waals surface area contributed by atoms with Gasteiger partial charge in [0.1, 0.15) is 10.9 Å². The number of carbonyl (C=O) groups excluding carboxylic acids is 1. The van der Waals surface area contributed by atoms with Gasteiger partial charge in [-0.2, -0.15) is 0 Å². The molecule has 0 aliphatic carbocycles. The number of hydrogen-bond acceptors (Lipinski definition) is 5. The molecule has 1 aromatic carbocycles. The van der Waals surface area contributed by atoms with Gasteiger partial charge in [0, 0.05) is 5.39 Å². The fourth-order valence-electron chi connectivity index (χ4n) is 2.07. The zero-order valence-corrected chi connectivity index (χ0v) is 12.9. The van der Waals surface area contributed by atoms with E-state index in [1.165, 1.54) is 0 Å². The van der Waals surface area contributed by atoms with Crippen molar-refractivity contribution in [3.63, 3.8) is 0 Å². The molecule has 2 aromatic rings. The first-order chi connectivity index (χ1) is 10.5. The molecular formula is C15H10N2O3S2. The van der Waals surface area contributed by atoms with E-state index in [-0.39, 0.29) is 4.32 Å². The maximum atomic E-state index is 12.2. The molecule has 5 nitrogen and oxygen atoms in total. The predicted octanol–water partition coefficient (Wildman–Crippen LogP) is 2.52. The first kappa shape index (κ1) is 14.7. The third kappa shape index (κ3) is 2.86. The summed E-state index contributed by atoms with van der Waals surface area (Å²) in [4.78, 5) is 28.9. The largest absolute Gasteiger partial charge is 0.480 e. The smallest absolute Gasteiger partial charge is 0.323 e. The fraction of sp³-hybridized carbons (Fsp3) is 0.0667. The van der Waals surface area contributed by atoms with Crippen LogP contribution in [-0.4, -0.2) is 37.7 Å². The number of thioether (sulfide) groups is 1. The van der Waals surface area contributed by atoms with E-state index in [4.69, 9.17) is 17.3 Å². The van der Waals surface area contributed by atoms with Crippen molar-refractivity contribution in [2.75, 3.05) is 6.54 Å². The Labute approximate surface area is 135 Å². The molecule has 1 aliphatic rings. The van der Waals surface area contributed by atoms with E-state index < -0.39 is 18.4 Å². The molecule has 22 heavy (non-hydrogen) atoms. The second-order valence-corrected chi connectivity index (χ2v) is 6.27. The lowest BCUT2D eigenvalue weighted by atomic mass is 10.2. The number of carbonyl (C=O) groups is 2. The number of nitrogens with zero attached hydrogens (tertiary/aromatic N) is 2. The van der Waals surface area contributed by atoms with E-state index in [0.29, 0.717) is 10.6 Å². The third-order valence-corrected chi connectivity index (χ3v) is 4.44. The summed E-state index contributed by atoms with van der Waals surface area (Å²) in [7, 11) is 0. The molecule has 0 bridgehead atoms. The number of aromatic nitrogens is 1. The Hall–Kier alpha value is -2.25. The summed E-state index contributed by atoms with van der Waals surface area (Å²) in [5.41, 5.74) is 1.46. The highest BCUT2D eigenvalue weighted by molar-refractivity contribution is 8.26. The Morgan fingerprint density at radius 1 is 1.32 bits per heavy atom. The van der Waals surface area contributed by atoms with Crippen LogP contribution in [0.3, 0.4) is 0 Å². The van der Waals surface area contributed by atoms with Crippen molar-refractivity contribution < 1.29 is 14.7 Å². The van der Waals surface area contributed by atoms with Crippen LogP contribution < -0.4 is 0 Å². The van der Waals surface area contributed by atoms with Crippen molar-refractivity contribution in [1.82, 2.24) is 9.88 Å². The van der Waals surface area contributed by atoms with Gasteiger partial charge in [0.25, 0.3) is 5.91 Å². The summed E-state index contributed by atoms with van der Waals surface area (Å²) >= 11 is 6.14. The average molecular weight is 330 g/mol. The molecule has 3 rings (SSSR count). The Kier molecular flexibility index (Phi) is 3.91. The topological polar surface area (TPSA) is 70.5 Å². The molecule has 1 aliphatic heterocycles. The summed E-state index contributed by atoms with van der Waals surface area (Å²) in [6.45, 7) is -0.423. The lowest BCUT2D eigenvalue weighted by molar-refractivity contribution is -0.140. The SMILES string of the molecule is O=C(O)CN1C(=O)/C(=C/c2ccc3ccccc3n2)SC1=S. The maximum absolute atomic E-state index is 12.2. The quantitative estimate of drug-likeness (QED) is 0.689. The molecular weight excluding hydrogens is 320 g/mol. The molecule has 0 saturated carbocycles. The average Bonchev–Trinajstić information content (AvgIpc) is 2.74. The van der Waals surface area contributed by atoms with Crippen LogP contribution in [0.5, 0.6) is 0 Å². The molecule has 110 valence electrons. The molecule has 1 N–H and O–H groups in total. The van der Waals surface area contributed by atoms with Crippen LogP contribution in [0.2, 0.25) is 0 Å². The normalized spacial score (nSPS) is 16.7. The second-order valence-electron chi connectivity index (χ2n) is 4.59. The van der Waals surface area contributed by atoms with Crippen LogP contribution in [0, 0.1) is 0 Å². The van der Waals surface area contributed by atoms with Crippen molar-refractivity contribution in [3.8, 4) is 0 Å². The summed E-state index contributed by atoms with van der Waals surface area (Å²) in [6, 6.07) is 11.4. The second kappa shape index (κ2) is 5.86. The minimum absolute atomic E-state index is 0.249. The van der Waals surface area contributed by atoms with E-state index in [0.717, 1.165) is 27.6 Å². The number of carboxylic acids is 1. The highest BCUT2D eigenvalue weighted by atomic mass is 32.2. The number of fused-ring (bicyclic) bond motifs is 1. The number of thiocarbonyl (C=S) groups is 1. The molecule has 0 unspecified atom stereocenters. The van der Waals surface area contributed by atoms with Crippen LogP contribution in [0.25, 0.3) is 17.0 Å². The number of aliphatic carboxylic acids is 1. The zero-order chi connectivity index (χ0) is 15.7. The minimum Gasteiger partial charge on any atom is -0.480 e. The molecule has 1 aromatic heterocycles. The fourth-order valence-corrected chi connectivity index (χ4v) is 3.31. The van der Waals surface area contributed by atoms with Crippen molar-refractivity contribution in [2.24, 2.45) is 0 Å². The standard InChI is InChI=1S/C15H10N2O3S2/c18-13(19)8-17-14(20)12(22-15(17)21)7-10-6-5-9-3-1-2-4-11(9)16-10/h1-7H,8H2,(H,18,19)/b12-7-. The van der Waals surface area contributed by atoms with E-state index in [1.807, 2.05) is 36.4 Å². The van der Waals surface area contributed by atoms with Crippen molar-refractivity contribution in [1.29, 1.82) is 0 Å². The van der Waals surface area contributed by atoms with Gasteiger partial charge in [0.2, 0.25) is 0 Å². The van der Waals surface area contributed by atoms with Gasteiger partial charge in [0.15, 0.2) is 0 Å². The first-order valence-corrected chi connectivity index (χ1v) is 7.60. The minimum atomic E-state index is -1.10. The highest BCUT2D eigenvalue weighted by Crippen LogP contribution is 2.32. The van der Waals surface area contributed by atoms with Gasteiger partial charge in [-0.25, -0.2) is 4.98 Å². The number of hydrogen-bond donors (Lipinski definition) is 1. The number of rotatable bonds is 3. The van der Waals surface area contributed by atoms with E-state index in [1.54, 1.807) is 6.08 Å². The molecule has 1 saturated heterocycles. The molecule has 7 heteroatoms. The van der Waals surface area contributed by atoms with Crippen molar-refractivity contribution >= 4 is 57.2 Å². The zero-order valence-electron chi connectivity index (χ0n) is 11.2. The molecule has 0 radical (unpaired) electrons. The van der Waals surface area contributed by atoms with E-state index >= 15 is 0 Å². The number of benzene rings is 1. The Balaban J connectivity index is 1.92. The number of amides is 1. The molecule has 0 atom stereocenters. The number of carboxylic acid groups (broad SMARTS) is 1. The summed E-state index contributed by atoms with van der Waals surface area (Å²) in [5, 5.41) is 9.82. The maximum Gasteiger partial charge on any atom is 0.323 e. The van der Waals surface area contributed by atoms with Gasteiger partial charge in [-0.05, 0) is 18.2 Å². The lowest BCUT2D eigenvalue weighted by Crippen LogP contribution is -2.33. The highest BCUT2D eigenvalue weighted by Gasteiger charge is 2.33. The van der Waals surface area contributed by atoms with Crippen molar-refractivity contribution in [3.05, 3.63) is 47.0 Å². The number of pyridine rings is 1. The van der Waals surface area contributed by atoms with Crippen LogP contribution in [-0.2, 0) is 9.59 Å². The van der Waals surface area contributed by atoms with Crippen LogP contribution in [0.15, 0.2) is 41.3 Å². The monoisotopic (exact) mass is 330 g/mol. The van der Waals surface area contributed by atoms with Gasteiger partial charge < -0.3 is 5.11 Å². The van der Waals surface area contributed by atoms with Gasteiger partial charge in [0.05, 0.1) is 16.1 Å². The first-order valence-electron chi connectivity index (χ1n) is 6.37. The molecule has 1 fully saturated rings. The molecule has 2 heterocycles. The lowest BCUT2D eigenvalue weighted by Gasteiger charge is -2.10. The summed E-state index contributed by atoms with van der Waals surface area (Å²) in [5.74, 6) is -1.49. The van der Waals surface area contributed by atoms with E-state index in [2.05, 4.69) is 4.98 Å². The Morgan fingerprint density at radius 2 is 2.09 bits per heavy atom. The third-order valence-electron chi connectivity index (χ3n) is 3.07. The summed E-state index contributed by atoms with van der Waals surface area (Å²) in [6.07, 6.45) is 1.63. The van der Waals surface area contributed by atoms with Crippen LogP contribution in [0.4, 0.5) is 0 Å². The Bertz CT molecular complexity index is 832. The van der Waals surface area contributed by atoms with Gasteiger partial charge in [-0.15, -0.1) is 0 Å². The van der Waals surface area contributed by atoms with Crippen LogP contribution >= 0.6 is 24.0 Å². The number of para-hydroxylation sites is 1. The van der Waals surface area contributed by atoms with Gasteiger partial charge >= 0.3 is 5.97 Å². The van der Waals surface area contributed by atoms with Gasteiger partial charge in [-0.3, -0.25) is 14.5 Å². The van der Waals surface area contributed by atoms with Crippen LogP contribution in [0.1, 0.15) is 5.69 Å². The van der Waals surface area contributed by atoms with E-state index in [9.17, 15) is 9.59 Å². The van der Waals surface area contributed by atoms with Gasteiger partial charge in [-0.1, -0.05) is 48.2 Å². The molecule has 0 spiro atoms.